The van der Waals surface area contributed by atoms with Crippen LogP contribution in [0.4, 0.5) is 6.01 Å². The summed E-state index contributed by atoms with van der Waals surface area (Å²) >= 11 is 0. The van der Waals surface area contributed by atoms with E-state index in [0.717, 1.165) is 12.8 Å². The molecule has 0 aliphatic heterocycles. The molecule has 0 fully saturated rings. The van der Waals surface area contributed by atoms with Gasteiger partial charge < -0.3 is 10.3 Å². The molecule has 0 spiro atoms. The van der Waals surface area contributed by atoms with Crippen molar-refractivity contribution in [1.82, 2.24) is 10.1 Å². The maximum atomic E-state index is 5.52. The molecular formula is C13H17N3O. The zero-order valence-corrected chi connectivity index (χ0v) is 10.2. The van der Waals surface area contributed by atoms with E-state index in [-0.39, 0.29) is 11.4 Å². The van der Waals surface area contributed by atoms with Gasteiger partial charge in [0.2, 0.25) is 0 Å². The molecule has 0 bridgehead atoms. The fraction of sp³-hybridized carbons (Fsp3) is 0.385. The average molecular weight is 231 g/mol. The number of benzene rings is 1. The lowest BCUT2D eigenvalue weighted by Gasteiger charge is -2.28. The van der Waals surface area contributed by atoms with Crippen molar-refractivity contribution < 1.29 is 4.52 Å². The zero-order chi connectivity index (χ0) is 12.3. The quantitative estimate of drug-likeness (QED) is 0.878. The number of anilines is 1. The molecular weight excluding hydrogens is 214 g/mol. The van der Waals surface area contributed by atoms with Gasteiger partial charge in [-0.15, -0.1) is 0 Å². The van der Waals surface area contributed by atoms with E-state index in [1.54, 1.807) is 0 Å². The smallest absolute Gasteiger partial charge is 0.318 e. The maximum Gasteiger partial charge on any atom is 0.318 e. The second-order valence-corrected chi connectivity index (χ2v) is 4.11. The summed E-state index contributed by atoms with van der Waals surface area (Å²) in [6.07, 6.45) is 1.82. The van der Waals surface area contributed by atoms with Crippen molar-refractivity contribution in [3.63, 3.8) is 0 Å². The Balaban J connectivity index is 2.53. The van der Waals surface area contributed by atoms with Crippen LogP contribution in [0.5, 0.6) is 0 Å². The van der Waals surface area contributed by atoms with E-state index in [2.05, 4.69) is 36.1 Å². The van der Waals surface area contributed by atoms with Crippen LogP contribution in [0.15, 0.2) is 34.9 Å². The Morgan fingerprint density at radius 2 is 1.82 bits per heavy atom. The molecule has 2 rings (SSSR count). The van der Waals surface area contributed by atoms with E-state index >= 15 is 0 Å². The van der Waals surface area contributed by atoms with Gasteiger partial charge in [0.05, 0.1) is 5.41 Å². The molecule has 0 aliphatic carbocycles. The number of aromatic nitrogens is 2. The lowest BCUT2D eigenvalue weighted by Crippen LogP contribution is -2.27. The van der Waals surface area contributed by atoms with Gasteiger partial charge in [-0.05, 0) is 18.4 Å². The highest BCUT2D eigenvalue weighted by Gasteiger charge is 2.35. The third-order valence-corrected chi connectivity index (χ3v) is 3.40. The van der Waals surface area contributed by atoms with Crippen LogP contribution < -0.4 is 5.73 Å². The largest absolute Gasteiger partial charge is 0.351 e. The van der Waals surface area contributed by atoms with Crippen LogP contribution in [0.2, 0.25) is 0 Å². The molecule has 17 heavy (non-hydrogen) atoms. The van der Waals surface area contributed by atoms with Gasteiger partial charge >= 0.3 is 6.01 Å². The third-order valence-electron chi connectivity index (χ3n) is 3.40. The summed E-state index contributed by atoms with van der Waals surface area (Å²) in [6.45, 7) is 4.26. The molecule has 0 saturated heterocycles. The minimum absolute atomic E-state index is 0.127. The number of rotatable bonds is 4. The van der Waals surface area contributed by atoms with E-state index in [9.17, 15) is 0 Å². The summed E-state index contributed by atoms with van der Waals surface area (Å²) in [4.78, 5) is 4.20. The molecule has 0 saturated carbocycles. The van der Waals surface area contributed by atoms with Gasteiger partial charge in [0.25, 0.3) is 0 Å². The van der Waals surface area contributed by atoms with Gasteiger partial charge in [-0.2, -0.15) is 4.98 Å². The molecule has 1 aromatic heterocycles. The van der Waals surface area contributed by atoms with Crippen LogP contribution in [0.3, 0.4) is 0 Å². The molecule has 4 nitrogen and oxygen atoms in total. The van der Waals surface area contributed by atoms with Crippen molar-refractivity contribution in [1.29, 1.82) is 0 Å². The fourth-order valence-corrected chi connectivity index (χ4v) is 2.29. The maximum absolute atomic E-state index is 5.52. The van der Waals surface area contributed by atoms with E-state index in [1.165, 1.54) is 5.56 Å². The molecule has 0 atom stereocenters. The van der Waals surface area contributed by atoms with Gasteiger partial charge in [-0.3, -0.25) is 0 Å². The van der Waals surface area contributed by atoms with Crippen molar-refractivity contribution in [3.8, 4) is 0 Å². The monoisotopic (exact) mass is 231 g/mol. The Hall–Kier alpha value is -1.84. The first kappa shape index (κ1) is 11.6. The van der Waals surface area contributed by atoms with Crippen LogP contribution in [-0.2, 0) is 5.41 Å². The minimum Gasteiger partial charge on any atom is -0.351 e. The van der Waals surface area contributed by atoms with E-state index in [4.69, 9.17) is 10.3 Å². The van der Waals surface area contributed by atoms with Crippen molar-refractivity contribution in [2.75, 3.05) is 5.73 Å². The summed E-state index contributed by atoms with van der Waals surface area (Å²) in [5.74, 6) is 0.672. The molecule has 0 amide bonds. The lowest BCUT2D eigenvalue weighted by atomic mass is 9.75. The molecule has 0 radical (unpaired) electrons. The van der Waals surface area contributed by atoms with E-state index in [0.29, 0.717) is 5.82 Å². The Kier molecular flexibility index (Phi) is 3.13. The normalized spacial score (nSPS) is 11.6. The van der Waals surface area contributed by atoms with Gasteiger partial charge in [0, 0.05) is 0 Å². The summed E-state index contributed by atoms with van der Waals surface area (Å²) in [5, 5.41) is 4.00. The summed E-state index contributed by atoms with van der Waals surface area (Å²) in [6, 6.07) is 10.4. The first-order valence-corrected chi connectivity index (χ1v) is 5.88. The standard InChI is InChI=1S/C13H17N3O/c1-3-13(4-2,10-8-6-5-7-9-10)11-15-12(14)17-16-11/h5-9H,3-4H2,1-2H3,(H2,14,15,16). The van der Waals surface area contributed by atoms with Gasteiger partial charge in [-0.25, -0.2) is 0 Å². The summed E-state index contributed by atoms with van der Waals surface area (Å²) < 4.78 is 4.91. The van der Waals surface area contributed by atoms with Gasteiger partial charge in [-0.1, -0.05) is 49.3 Å². The Bertz CT molecular complexity index is 474. The summed E-state index contributed by atoms with van der Waals surface area (Å²) in [7, 11) is 0. The number of nitrogens with two attached hydrogens (primary N) is 1. The number of nitrogen functional groups attached to an aromatic ring is 1. The Labute approximate surface area is 101 Å². The van der Waals surface area contributed by atoms with E-state index < -0.39 is 0 Å². The van der Waals surface area contributed by atoms with Crippen LogP contribution in [0.25, 0.3) is 0 Å². The number of nitrogens with zero attached hydrogens (tertiary/aromatic N) is 2. The first-order chi connectivity index (χ1) is 8.23. The van der Waals surface area contributed by atoms with Crippen LogP contribution in [0.1, 0.15) is 38.1 Å². The Morgan fingerprint density at radius 3 is 2.29 bits per heavy atom. The first-order valence-electron chi connectivity index (χ1n) is 5.88. The SMILES string of the molecule is CCC(CC)(c1ccccc1)c1noc(N)n1. The molecule has 2 N–H and O–H groups in total. The topological polar surface area (TPSA) is 64.9 Å². The predicted molar refractivity (Wildman–Crippen MR) is 66.5 cm³/mol. The highest BCUT2D eigenvalue weighted by Crippen LogP contribution is 2.36. The highest BCUT2D eigenvalue weighted by atomic mass is 16.5. The van der Waals surface area contributed by atoms with Gasteiger partial charge in [0.15, 0.2) is 5.82 Å². The molecule has 2 aromatic rings. The highest BCUT2D eigenvalue weighted by molar-refractivity contribution is 5.33. The van der Waals surface area contributed by atoms with Crippen molar-refractivity contribution in [3.05, 3.63) is 41.7 Å². The molecule has 0 aliphatic rings. The molecule has 4 heteroatoms. The second-order valence-electron chi connectivity index (χ2n) is 4.11. The van der Waals surface area contributed by atoms with Crippen LogP contribution in [-0.4, -0.2) is 10.1 Å². The van der Waals surface area contributed by atoms with E-state index in [1.807, 2.05) is 18.2 Å². The molecule has 1 heterocycles. The van der Waals surface area contributed by atoms with Crippen molar-refractivity contribution in [2.45, 2.75) is 32.1 Å². The third kappa shape index (κ3) is 1.90. The molecule has 1 aromatic carbocycles. The van der Waals surface area contributed by atoms with Crippen LogP contribution in [0, 0.1) is 0 Å². The zero-order valence-electron chi connectivity index (χ0n) is 10.2. The van der Waals surface area contributed by atoms with Crippen molar-refractivity contribution >= 4 is 6.01 Å². The van der Waals surface area contributed by atoms with Crippen molar-refractivity contribution in [2.24, 2.45) is 0 Å². The minimum atomic E-state index is -0.206. The second kappa shape index (κ2) is 4.57. The lowest BCUT2D eigenvalue weighted by molar-refractivity contribution is 0.383. The van der Waals surface area contributed by atoms with Crippen LogP contribution >= 0.6 is 0 Å². The molecule has 0 unspecified atom stereocenters. The average Bonchev–Trinajstić information content (AvgIpc) is 2.80. The summed E-state index contributed by atoms with van der Waals surface area (Å²) in [5.41, 5.74) is 6.52. The predicted octanol–water partition coefficient (Wildman–Crippen LogP) is 2.76. The number of hydrogen-bond donors (Lipinski definition) is 1. The number of hydrogen-bond acceptors (Lipinski definition) is 4. The molecule has 90 valence electrons. The fourth-order valence-electron chi connectivity index (χ4n) is 2.29. The van der Waals surface area contributed by atoms with Gasteiger partial charge in [0.1, 0.15) is 0 Å². The Morgan fingerprint density at radius 1 is 1.18 bits per heavy atom.